The van der Waals surface area contributed by atoms with E-state index in [1.165, 1.54) is 38.2 Å². The molecule has 0 aromatic heterocycles. The fraction of sp³-hybridized carbons (Fsp3) is 0.562. The molecule has 20 heavy (non-hydrogen) atoms. The summed E-state index contributed by atoms with van der Waals surface area (Å²) in [5.74, 6) is 0.162. The van der Waals surface area contributed by atoms with Gasteiger partial charge in [-0.1, -0.05) is 44.2 Å². The molecule has 1 heterocycles. The highest BCUT2D eigenvalue weighted by Crippen LogP contribution is 2.31. The molecule has 1 aromatic carbocycles. The third-order valence-electron chi connectivity index (χ3n) is 4.48. The molecule has 1 aliphatic carbocycles. The average molecular weight is 341 g/mol. The van der Waals surface area contributed by atoms with Crippen molar-refractivity contribution in [3.8, 4) is 0 Å². The number of rotatable bonds is 1. The van der Waals surface area contributed by atoms with E-state index in [-0.39, 0.29) is 22.8 Å². The van der Waals surface area contributed by atoms with Crippen LogP contribution >= 0.6 is 17.0 Å². The summed E-state index contributed by atoms with van der Waals surface area (Å²) < 4.78 is 13.9. The first-order valence-corrected chi connectivity index (χ1v) is 7.40. The predicted molar refractivity (Wildman–Crippen MR) is 85.2 cm³/mol. The quantitative estimate of drug-likeness (QED) is 0.790. The SMILES string of the molecule is Br.N=C1c2c(F)cccc2CN1C1CCCCCCC1. The number of hydrogen-bond acceptors (Lipinski definition) is 1. The first-order chi connectivity index (χ1) is 9.27. The van der Waals surface area contributed by atoms with Crippen LogP contribution in [0.25, 0.3) is 0 Å². The molecule has 0 unspecified atom stereocenters. The molecule has 0 atom stereocenters. The van der Waals surface area contributed by atoms with Crippen LogP contribution in [-0.2, 0) is 6.54 Å². The first-order valence-electron chi connectivity index (χ1n) is 7.40. The van der Waals surface area contributed by atoms with Gasteiger partial charge in [0.15, 0.2) is 0 Å². The lowest BCUT2D eigenvalue weighted by Gasteiger charge is -2.31. The molecule has 0 bridgehead atoms. The summed E-state index contributed by atoms with van der Waals surface area (Å²) in [6.07, 6.45) is 8.74. The molecule has 1 aromatic rings. The second kappa shape index (κ2) is 6.70. The van der Waals surface area contributed by atoms with Crippen molar-refractivity contribution >= 4 is 22.8 Å². The van der Waals surface area contributed by atoms with Gasteiger partial charge in [0.1, 0.15) is 11.7 Å². The fourth-order valence-corrected chi connectivity index (χ4v) is 3.43. The second-order valence-electron chi connectivity index (χ2n) is 5.75. The maximum atomic E-state index is 13.9. The van der Waals surface area contributed by atoms with Crippen molar-refractivity contribution in [2.24, 2.45) is 0 Å². The van der Waals surface area contributed by atoms with Crippen molar-refractivity contribution in [1.82, 2.24) is 4.90 Å². The highest BCUT2D eigenvalue weighted by molar-refractivity contribution is 8.93. The van der Waals surface area contributed by atoms with Crippen LogP contribution in [0.2, 0.25) is 0 Å². The van der Waals surface area contributed by atoms with Gasteiger partial charge in [-0.05, 0) is 24.5 Å². The maximum absolute atomic E-state index is 13.9. The Morgan fingerprint density at radius 2 is 1.70 bits per heavy atom. The normalized spacial score (nSPS) is 20.1. The van der Waals surface area contributed by atoms with Crippen LogP contribution in [-0.4, -0.2) is 16.8 Å². The van der Waals surface area contributed by atoms with E-state index < -0.39 is 0 Å². The molecule has 3 rings (SSSR count). The Morgan fingerprint density at radius 3 is 2.35 bits per heavy atom. The Bertz CT molecular complexity index is 481. The van der Waals surface area contributed by atoms with E-state index in [2.05, 4.69) is 4.90 Å². The smallest absolute Gasteiger partial charge is 0.134 e. The van der Waals surface area contributed by atoms with Crippen molar-refractivity contribution in [3.63, 3.8) is 0 Å². The van der Waals surface area contributed by atoms with Gasteiger partial charge in [-0.3, -0.25) is 5.41 Å². The number of nitrogens with one attached hydrogen (secondary N) is 1. The molecule has 110 valence electrons. The maximum Gasteiger partial charge on any atom is 0.134 e. The van der Waals surface area contributed by atoms with Crippen molar-refractivity contribution in [1.29, 1.82) is 5.41 Å². The van der Waals surface area contributed by atoms with Gasteiger partial charge in [0.2, 0.25) is 0 Å². The summed E-state index contributed by atoms with van der Waals surface area (Å²) in [5.41, 5.74) is 1.51. The van der Waals surface area contributed by atoms with Crippen LogP contribution in [0.3, 0.4) is 0 Å². The van der Waals surface area contributed by atoms with Crippen LogP contribution in [0.4, 0.5) is 4.39 Å². The third kappa shape index (κ3) is 2.90. The summed E-state index contributed by atoms with van der Waals surface area (Å²) in [6.45, 7) is 0.719. The highest BCUT2D eigenvalue weighted by Gasteiger charge is 2.31. The van der Waals surface area contributed by atoms with Gasteiger partial charge in [-0.2, -0.15) is 0 Å². The Kier molecular flexibility index (Phi) is 5.19. The fourth-order valence-electron chi connectivity index (χ4n) is 3.43. The molecule has 0 radical (unpaired) electrons. The highest BCUT2D eigenvalue weighted by atomic mass is 79.9. The number of nitrogens with zero attached hydrogens (tertiary/aromatic N) is 1. The zero-order valence-corrected chi connectivity index (χ0v) is 13.4. The molecule has 0 amide bonds. The molecular formula is C16H22BrFN2. The topological polar surface area (TPSA) is 27.1 Å². The van der Waals surface area contributed by atoms with Gasteiger partial charge in [0.05, 0.1) is 5.56 Å². The standard InChI is InChI=1S/C16H21FN2.BrH/c17-14-10-6-7-12-11-19(16(18)15(12)14)13-8-4-2-1-3-5-9-13;/h6-7,10,13,18H,1-5,8-9,11H2;1H. The molecule has 1 fully saturated rings. The van der Waals surface area contributed by atoms with Gasteiger partial charge < -0.3 is 4.90 Å². The molecular weight excluding hydrogens is 319 g/mol. The molecule has 1 aliphatic heterocycles. The summed E-state index contributed by atoms with van der Waals surface area (Å²) in [5, 5.41) is 8.28. The van der Waals surface area contributed by atoms with Crippen LogP contribution in [0.1, 0.15) is 56.1 Å². The zero-order valence-electron chi connectivity index (χ0n) is 11.7. The Hall–Kier alpha value is -0.900. The van der Waals surface area contributed by atoms with Gasteiger partial charge in [0, 0.05) is 12.6 Å². The summed E-state index contributed by atoms with van der Waals surface area (Å²) in [4.78, 5) is 2.12. The molecule has 2 aliphatic rings. The van der Waals surface area contributed by atoms with Gasteiger partial charge in [0.25, 0.3) is 0 Å². The predicted octanol–water partition coefficient (Wildman–Crippen LogP) is 4.66. The Balaban J connectivity index is 0.00000147. The lowest BCUT2D eigenvalue weighted by molar-refractivity contribution is 0.258. The monoisotopic (exact) mass is 340 g/mol. The molecule has 2 nitrogen and oxygen atoms in total. The molecule has 0 saturated heterocycles. The van der Waals surface area contributed by atoms with Gasteiger partial charge in [-0.25, -0.2) is 4.39 Å². The molecule has 0 spiro atoms. The van der Waals surface area contributed by atoms with Crippen LogP contribution < -0.4 is 0 Å². The van der Waals surface area contributed by atoms with E-state index in [1.807, 2.05) is 6.07 Å². The number of halogens is 2. The molecule has 1 saturated carbocycles. The Morgan fingerprint density at radius 1 is 1.05 bits per heavy atom. The number of benzene rings is 1. The minimum atomic E-state index is -0.240. The van der Waals surface area contributed by atoms with Crippen LogP contribution in [0.15, 0.2) is 18.2 Å². The number of amidine groups is 1. The molecule has 1 N–H and O–H groups in total. The lowest BCUT2D eigenvalue weighted by Crippen LogP contribution is -2.36. The van der Waals surface area contributed by atoms with Gasteiger partial charge in [-0.15, -0.1) is 17.0 Å². The average Bonchev–Trinajstić information content (AvgIpc) is 2.68. The van der Waals surface area contributed by atoms with Crippen molar-refractivity contribution in [2.75, 3.05) is 0 Å². The zero-order chi connectivity index (χ0) is 13.2. The minimum absolute atomic E-state index is 0. The second-order valence-corrected chi connectivity index (χ2v) is 5.75. The van der Waals surface area contributed by atoms with E-state index in [0.29, 0.717) is 17.4 Å². The largest absolute Gasteiger partial charge is 0.349 e. The van der Waals surface area contributed by atoms with E-state index in [0.717, 1.165) is 24.9 Å². The van der Waals surface area contributed by atoms with E-state index in [9.17, 15) is 4.39 Å². The number of hydrogen-bond donors (Lipinski definition) is 1. The van der Waals surface area contributed by atoms with Crippen LogP contribution in [0.5, 0.6) is 0 Å². The lowest BCUT2D eigenvalue weighted by atomic mass is 9.95. The van der Waals surface area contributed by atoms with Crippen molar-refractivity contribution < 1.29 is 4.39 Å². The van der Waals surface area contributed by atoms with Crippen molar-refractivity contribution in [3.05, 3.63) is 35.1 Å². The van der Waals surface area contributed by atoms with E-state index in [1.54, 1.807) is 6.07 Å². The first kappa shape index (κ1) is 15.5. The third-order valence-corrected chi connectivity index (χ3v) is 4.48. The van der Waals surface area contributed by atoms with E-state index in [4.69, 9.17) is 5.41 Å². The summed E-state index contributed by atoms with van der Waals surface area (Å²) in [6, 6.07) is 5.60. The Labute approximate surface area is 130 Å². The number of fused-ring (bicyclic) bond motifs is 1. The summed E-state index contributed by atoms with van der Waals surface area (Å²) in [7, 11) is 0. The van der Waals surface area contributed by atoms with Crippen LogP contribution in [0, 0.1) is 11.2 Å². The minimum Gasteiger partial charge on any atom is -0.349 e. The van der Waals surface area contributed by atoms with Crippen molar-refractivity contribution in [2.45, 2.75) is 57.5 Å². The molecule has 4 heteroatoms. The van der Waals surface area contributed by atoms with E-state index >= 15 is 0 Å². The van der Waals surface area contributed by atoms with Gasteiger partial charge >= 0.3 is 0 Å². The summed E-state index contributed by atoms with van der Waals surface area (Å²) >= 11 is 0.